The first-order valence-electron chi connectivity index (χ1n) is 8.00. The first kappa shape index (κ1) is 19.7. The topological polar surface area (TPSA) is 55.8 Å². The van der Waals surface area contributed by atoms with Crippen molar-refractivity contribution in [1.82, 2.24) is 4.90 Å². The summed E-state index contributed by atoms with van der Waals surface area (Å²) in [5.41, 5.74) is 0. The zero-order valence-electron chi connectivity index (χ0n) is 14.3. The number of ether oxygens (including phenoxy) is 2. The van der Waals surface area contributed by atoms with Gasteiger partial charge in [0.25, 0.3) is 0 Å². The molecule has 0 aliphatic rings. The summed E-state index contributed by atoms with van der Waals surface area (Å²) in [6, 6.07) is -0.0741. The number of carbonyl (C=O) groups is 2. The Bertz CT molecular complexity index is 319. The van der Waals surface area contributed by atoms with Crippen LogP contribution in [0.25, 0.3) is 0 Å². The van der Waals surface area contributed by atoms with Crippen molar-refractivity contribution >= 4 is 12.1 Å². The molecule has 5 heteroatoms. The number of hydrogen-bond donors (Lipinski definition) is 0. The Hall–Kier alpha value is -1.26. The molecule has 0 aliphatic heterocycles. The monoisotopic (exact) mass is 301 g/mol. The van der Waals surface area contributed by atoms with E-state index in [9.17, 15) is 9.59 Å². The summed E-state index contributed by atoms with van der Waals surface area (Å²) < 4.78 is 10.2. The summed E-state index contributed by atoms with van der Waals surface area (Å²) >= 11 is 0. The van der Waals surface area contributed by atoms with Crippen LogP contribution in [-0.2, 0) is 14.3 Å². The van der Waals surface area contributed by atoms with Gasteiger partial charge >= 0.3 is 12.1 Å². The summed E-state index contributed by atoms with van der Waals surface area (Å²) in [6.45, 7) is 12.8. The number of unbranched alkanes of at least 4 members (excludes halogenated alkanes) is 1. The Morgan fingerprint density at radius 1 is 1.00 bits per heavy atom. The first-order valence-corrected chi connectivity index (χ1v) is 8.00. The normalized spacial score (nSPS) is 15.0. The average molecular weight is 301 g/mol. The highest BCUT2D eigenvalue weighted by molar-refractivity contribution is 5.73. The molecular weight excluding hydrogens is 270 g/mol. The quantitative estimate of drug-likeness (QED) is 0.612. The van der Waals surface area contributed by atoms with Gasteiger partial charge in [-0.3, -0.25) is 4.79 Å². The van der Waals surface area contributed by atoms with E-state index in [-0.39, 0.29) is 29.9 Å². The lowest BCUT2D eigenvalue weighted by atomic mass is 9.89. The predicted octanol–water partition coefficient (Wildman–Crippen LogP) is 3.47. The molecule has 5 nitrogen and oxygen atoms in total. The maximum absolute atomic E-state index is 12.1. The number of amides is 1. The van der Waals surface area contributed by atoms with Crippen LogP contribution in [0.15, 0.2) is 0 Å². The molecule has 0 saturated heterocycles. The van der Waals surface area contributed by atoms with Gasteiger partial charge in [0, 0.05) is 12.6 Å². The molecule has 124 valence electrons. The van der Waals surface area contributed by atoms with Crippen molar-refractivity contribution in [1.29, 1.82) is 0 Å². The molecule has 3 atom stereocenters. The largest absolute Gasteiger partial charge is 0.466 e. The van der Waals surface area contributed by atoms with Crippen LogP contribution in [0.3, 0.4) is 0 Å². The van der Waals surface area contributed by atoms with E-state index >= 15 is 0 Å². The molecule has 0 aromatic carbocycles. The van der Waals surface area contributed by atoms with Gasteiger partial charge in [-0.05, 0) is 33.1 Å². The van der Waals surface area contributed by atoms with Crippen LogP contribution in [0.4, 0.5) is 4.79 Å². The minimum absolute atomic E-state index is 0.00492. The molecule has 0 aromatic rings. The van der Waals surface area contributed by atoms with Gasteiger partial charge in [0.2, 0.25) is 0 Å². The molecule has 3 unspecified atom stereocenters. The third-order valence-electron chi connectivity index (χ3n) is 3.95. The summed E-state index contributed by atoms with van der Waals surface area (Å²) in [5.74, 6) is -0.458. The fraction of sp³-hybridized carbons (Fsp3) is 0.875. The van der Waals surface area contributed by atoms with Gasteiger partial charge in [0.1, 0.15) is 0 Å². The van der Waals surface area contributed by atoms with Crippen LogP contribution < -0.4 is 0 Å². The third-order valence-corrected chi connectivity index (χ3v) is 3.95. The van der Waals surface area contributed by atoms with E-state index in [2.05, 4.69) is 6.92 Å². The second kappa shape index (κ2) is 10.5. The molecule has 0 aliphatic carbocycles. The molecule has 0 aromatic heterocycles. The van der Waals surface area contributed by atoms with Gasteiger partial charge < -0.3 is 14.4 Å². The van der Waals surface area contributed by atoms with Crippen molar-refractivity contribution in [3.63, 3.8) is 0 Å². The Morgan fingerprint density at radius 3 is 2.05 bits per heavy atom. The number of esters is 1. The smallest absolute Gasteiger partial charge is 0.409 e. The first-order chi connectivity index (χ1) is 9.90. The summed E-state index contributed by atoms with van der Waals surface area (Å²) in [4.78, 5) is 25.7. The lowest BCUT2D eigenvalue weighted by molar-refractivity contribution is -0.149. The molecule has 0 heterocycles. The number of rotatable bonds is 9. The van der Waals surface area contributed by atoms with Gasteiger partial charge in [0.15, 0.2) is 0 Å². The van der Waals surface area contributed by atoms with Crippen LogP contribution in [0.1, 0.15) is 54.4 Å². The Balaban J connectivity index is 4.86. The van der Waals surface area contributed by atoms with E-state index < -0.39 is 0 Å². The van der Waals surface area contributed by atoms with Gasteiger partial charge in [-0.15, -0.1) is 0 Å². The molecule has 0 radical (unpaired) electrons. The standard InChI is InChI=1S/C16H31NO4/c1-7-10-11-17(16(19)21-9-3)14(6)12(4)13(5)15(18)20-8-2/h12-14H,7-11H2,1-6H3. The molecule has 0 spiro atoms. The highest BCUT2D eigenvalue weighted by Crippen LogP contribution is 2.22. The van der Waals surface area contributed by atoms with Gasteiger partial charge in [-0.1, -0.05) is 27.2 Å². The minimum atomic E-state index is -0.304. The molecule has 0 bridgehead atoms. The molecule has 0 N–H and O–H groups in total. The second-order valence-electron chi connectivity index (χ2n) is 5.39. The maximum Gasteiger partial charge on any atom is 0.409 e. The zero-order chi connectivity index (χ0) is 16.4. The van der Waals surface area contributed by atoms with E-state index in [0.717, 1.165) is 12.8 Å². The van der Waals surface area contributed by atoms with Crippen LogP contribution in [-0.4, -0.2) is 42.8 Å². The Labute approximate surface area is 129 Å². The summed E-state index contributed by atoms with van der Waals surface area (Å²) in [6.07, 6.45) is 1.62. The molecule has 0 fully saturated rings. The maximum atomic E-state index is 12.1. The molecular formula is C16H31NO4. The van der Waals surface area contributed by atoms with E-state index in [1.807, 2.05) is 20.8 Å². The van der Waals surface area contributed by atoms with Crippen molar-refractivity contribution in [2.75, 3.05) is 19.8 Å². The van der Waals surface area contributed by atoms with Crippen molar-refractivity contribution in [3.8, 4) is 0 Å². The molecule has 0 rings (SSSR count). The fourth-order valence-corrected chi connectivity index (χ4v) is 2.19. The van der Waals surface area contributed by atoms with Crippen LogP contribution in [0.5, 0.6) is 0 Å². The number of nitrogens with zero attached hydrogens (tertiary/aromatic N) is 1. The van der Waals surface area contributed by atoms with Gasteiger partial charge in [-0.2, -0.15) is 0 Å². The van der Waals surface area contributed by atoms with E-state index in [1.165, 1.54) is 0 Å². The Morgan fingerprint density at radius 2 is 1.57 bits per heavy atom. The van der Waals surface area contributed by atoms with Crippen molar-refractivity contribution in [2.45, 2.75) is 60.4 Å². The molecule has 0 saturated carbocycles. The molecule has 21 heavy (non-hydrogen) atoms. The zero-order valence-corrected chi connectivity index (χ0v) is 14.3. The highest BCUT2D eigenvalue weighted by atomic mass is 16.6. The second-order valence-corrected chi connectivity index (χ2v) is 5.39. The van der Waals surface area contributed by atoms with Crippen LogP contribution in [0, 0.1) is 11.8 Å². The predicted molar refractivity (Wildman–Crippen MR) is 83.1 cm³/mol. The number of hydrogen-bond acceptors (Lipinski definition) is 4. The SMILES string of the molecule is CCCCN(C(=O)OCC)C(C)C(C)C(C)C(=O)OCC. The summed E-state index contributed by atoms with van der Waals surface area (Å²) in [7, 11) is 0. The number of carbonyl (C=O) groups excluding carboxylic acids is 2. The van der Waals surface area contributed by atoms with Gasteiger partial charge in [-0.25, -0.2) is 4.79 Å². The summed E-state index contributed by atoms with van der Waals surface area (Å²) in [5, 5.41) is 0. The minimum Gasteiger partial charge on any atom is -0.466 e. The van der Waals surface area contributed by atoms with Crippen LogP contribution >= 0.6 is 0 Å². The lowest BCUT2D eigenvalue weighted by Crippen LogP contribution is -2.45. The average Bonchev–Trinajstić information content (AvgIpc) is 2.46. The fourth-order valence-electron chi connectivity index (χ4n) is 2.19. The van der Waals surface area contributed by atoms with E-state index in [4.69, 9.17) is 9.47 Å². The van der Waals surface area contributed by atoms with Crippen LogP contribution in [0.2, 0.25) is 0 Å². The molecule has 1 amide bonds. The van der Waals surface area contributed by atoms with Gasteiger partial charge in [0.05, 0.1) is 19.1 Å². The Kier molecular flexibility index (Phi) is 9.84. The van der Waals surface area contributed by atoms with E-state index in [0.29, 0.717) is 19.8 Å². The van der Waals surface area contributed by atoms with Crippen molar-refractivity contribution in [3.05, 3.63) is 0 Å². The lowest BCUT2D eigenvalue weighted by Gasteiger charge is -2.34. The van der Waals surface area contributed by atoms with Crippen molar-refractivity contribution in [2.24, 2.45) is 11.8 Å². The van der Waals surface area contributed by atoms with Crippen molar-refractivity contribution < 1.29 is 19.1 Å². The third kappa shape index (κ3) is 6.36. The highest BCUT2D eigenvalue weighted by Gasteiger charge is 2.32. The van der Waals surface area contributed by atoms with E-state index in [1.54, 1.807) is 18.7 Å².